The largest absolute Gasteiger partial charge is 0.367 e. The van der Waals surface area contributed by atoms with Crippen molar-refractivity contribution in [3.63, 3.8) is 0 Å². The Balaban J connectivity index is 0. The van der Waals surface area contributed by atoms with Gasteiger partial charge in [0, 0.05) is 38.6 Å². The van der Waals surface area contributed by atoms with Gasteiger partial charge in [-0.05, 0) is 46.1 Å². The first-order chi connectivity index (χ1) is 5.04. The van der Waals surface area contributed by atoms with Crippen LogP contribution >= 0.6 is 0 Å². The van der Waals surface area contributed by atoms with Gasteiger partial charge in [0.25, 0.3) is 0 Å². The van der Waals surface area contributed by atoms with E-state index in [0.29, 0.717) is 0 Å². The van der Waals surface area contributed by atoms with Gasteiger partial charge in [0.1, 0.15) is 0 Å². The summed E-state index contributed by atoms with van der Waals surface area (Å²) in [7, 11) is 6.00. The zero-order chi connectivity index (χ0) is 8.85. The molecule has 0 aromatic carbocycles. The molecule has 1 aromatic heterocycles. The fourth-order valence-electron chi connectivity index (χ4n) is 0.519. The average molecular weight is 245 g/mol. The van der Waals surface area contributed by atoms with Crippen LogP contribution in [-0.2, 0) is 26.2 Å². The van der Waals surface area contributed by atoms with Gasteiger partial charge in [-0.3, -0.25) is 0 Å². The number of aryl methyl sites for hydroxylation is 2. The minimum absolute atomic E-state index is 0. The maximum absolute atomic E-state index is 3.00. The van der Waals surface area contributed by atoms with E-state index in [1.165, 1.54) is 11.1 Å². The van der Waals surface area contributed by atoms with Gasteiger partial charge in [0.15, 0.2) is 0 Å². The van der Waals surface area contributed by atoms with E-state index in [1.54, 1.807) is 0 Å². The van der Waals surface area contributed by atoms with Gasteiger partial charge in [-0.1, -0.05) is 0 Å². The normalized spacial score (nSPS) is 8.50. The molecule has 0 spiro atoms. The summed E-state index contributed by atoms with van der Waals surface area (Å²) in [6, 6.07) is 0. The first-order valence-electron chi connectivity index (χ1n) is 3.75. The molecule has 1 heterocycles. The van der Waals surface area contributed by atoms with Crippen molar-refractivity contribution in [3.8, 4) is 0 Å². The van der Waals surface area contributed by atoms with E-state index in [4.69, 9.17) is 0 Å². The van der Waals surface area contributed by atoms with Crippen LogP contribution in [0.5, 0.6) is 0 Å². The molecular weight excluding hydrogens is 227 g/mol. The van der Waals surface area contributed by atoms with Gasteiger partial charge < -0.3 is 9.88 Å². The first-order valence-corrected chi connectivity index (χ1v) is 3.75. The van der Waals surface area contributed by atoms with Crippen LogP contribution in [0.15, 0.2) is 12.4 Å². The minimum atomic E-state index is 0. The Labute approximate surface area is 94.5 Å². The van der Waals surface area contributed by atoms with Crippen LogP contribution in [-0.4, -0.2) is 31.0 Å². The summed E-state index contributed by atoms with van der Waals surface area (Å²) in [6.45, 7) is 4.18. The minimum Gasteiger partial charge on any atom is -0.367 e. The Kier molecular flexibility index (Phi) is 9.46. The smallest absolute Gasteiger partial charge is 0.00372 e. The SMILES string of the molecule is CN(C)C.Cc1c[nH]cc1C.[Zr]. The molecule has 0 bridgehead atoms. The third-order valence-electron chi connectivity index (χ3n) is 1.22. The zero-order valence-corrected chi connectivity index (χ0v) is 11.1. The summed E-state index contributed by atoms with van der Waals surface area (Å²) >= 11 is 0. The van der Waals surface area contributed by atoms with E-state index >= 15 is 0 Å². The van der Waals surface area contributed by atoms with E-state index in [-0.39, 0.29) is 26.2 Å². The van der Waals surface area contributed by atoms with E-state index in [9.17, 15) is 0 Å². The van der Waals surface area contributed by atoms with Gasteiger partial charge in [-0.25, -0.2) is 0 Å². The van der Waals surface area contributed by atoms with Crippen molar-refractivity contribution in [3.05, 3.63) is 23.5 Å². The number of hydrogen-bond acceptors (Lipinski definition) is 1. The summed E-state index contributed by atoms with van der Waals surface area (Å²) in [4.78, 5) is 5.00. The van der Waals surface area contributed by atoms with E-state index < -0.39 is 0 Å². The summed E-state index contributed by atoms with van der Waals surface area (Å²) in [5.41, 5.74) is 2.67. The van der Waals surface area contributed by atoms with Crippen molar-refractivity contribution < 1.29 is 26.2 Å². The molecule has 0 aliphatic carbocycles. The molecule has 0 atom stereocenters. The van der Waals surface area contributed by atoms with Crippen molar-refractivity contribution in [2.24, 2.45) is 0 Å². The van der Waals surface area contributed by atoms with E-state index in [0.717, 1.165) is 0 Å². The summed E-state index contributed by atoms with van der Waals surface area (Å²) in [6.07, 6.45) is 3.99. The number of aromatic nitrogens is 1. The van der Waals surface area contributed by atoms with Crippen molar-refractivity contribution in [1.29, 1.82) is 0 Å². The van der Waals surface area contributed by atoms with Crippen LogP contribution in [0, 0.1) is 13.8 Å². The van der Waals surface area contributed by atoms with Gasteiger partial charge in [0.2, 0.25) is 0 Å². The molecule has 12 heavy (non-hydrogen) atoms. The number of hydrogen-bond donors (Lipinski definition) is 1. The van der Waals surface area contributed by atoms with E-state index in [1.807, 2.05) is 38.4 Å². The Morgan fingerprint density at radius 3 is 1.33 bits per heavy atom. The van der Waals surface area contributed by atoms with Crippen molar-refractivity contribution in [2.75, 3.05) is 21.1 Å². The fourth-order valence-corrected chi connectivity index (χ4v) is 0.519. The topological polar surface area (TPSA) is 19.0 Å². The summed E-state index contributed by atoms with van der Waals surface area (Å²) in [5, 5.41) is 0. The molecule has 1 rings (SSSR count). The monoisotopic (exact) mass is 244 g/mol. The van der Waals surface area contributed by atoms with Crippen LogP contribution in [0.25, 0.3) is 0 Å². The number of nitrogens with zero attached hydrogens (tertiary/aromatic N) is 1. The fraction of sp³-hybridized carbons (Fsp3) is 0.556. The Morgan fingerprint density at radius 2 is 1.25 bits per heavy atom. The number of rotatable bonds is 0. The number of aromatic amines is 1. The molecule has 68 valence electrons. The molecule has 1 N–H and O–H groups in total. The van der Waals surface area contributed by atoms with Gasteiger partial charge in [-0.2, -0.15) is 0 Å². The molecular formula is C9H18N2Zr. The van der Waals surface area contributed by atoms with Crippen molar-refractivity contribution in [1.82, 2.24) is 9.88 Å². The number of H-pyrrole nitrogens is 1. The molecule has 2 nitrogen and oxygen atoms in total. The zero-order valence-electron chi connectivity index (χ0n) is 8.60. The molecule has 1 aromatic rings. The molecule has 0 amide bonds. The van der Waals surface area contributed by atoms with Crippen molar-refractivity contribution >= 4 is 0 Å². The Hall–Kier alpha value is 0.123. The molecule has 0 fully saturated rings. The standard InChI is InChI=1S/C6H9N.C3H9N.Zr/c1-5-3-7-4-6(5)2;1-4(2)3;/h3-4,7H,1-2H3;1-3H3;. The molecule has 0 radical (unpaired) electrons. The summed E-state index contributed by atoms with van der Waals surface area (Å²) < 4.78 is 0. The third-order valence-corrected chi connectivity index (χ3v) is 1.22. The van der Waals surface area contributed by atoms with Gasteiger partial charge in [-0.15, -0.1) is 0 Å². The second-order valence-electron chi connectivity index (χ2n) is 3.16. The van der Waals surface area contributed by atoms with Crippen LogP contribution in [0.3, 0.4) is 0 Å². The van der Waals surface area contributed by atoms with Crippen LogP contribution in [0.2, 0.25) is 0 Å². The first kappa shape index (κ1) is 14.6. The van der Waals surface area contributed by atoms with Crippen molar-refractivity contribution in [2.45, 2.75) is 13.8 Å². The Bertz CT molecular complexity index is 175. The van der Waals surface area contributed by atoms with E-state index in [2.05, 4.69) is 18.8 Å². The average Bonchev–Trinajstić information content (AvgIpc) is 2.15. The van der Waals surface area contributed by atoms with Crippen LogP contribution in [0.1, 0.15) is 11.1 Å². The second kappa shape index (κ2) is 7.76. The van der Waals surface area contributed by atoms with Gasteiger partial charge in [0.05, 0.1) is 0 Å². The summed E-state index contributed by atoms with van der Waals surface area (Å²) in [5.74, 6) is 0. The Morgan fingerprint density at radius 1 is 1.00 bits per heavy atom. The quantitative estimate of drug-likeness (QED) is 0.738. The molecule has 3 heteroatoms. The predicted molar refractivity (Wildman–Crippen MR) is 49.9 cm³/mol. The molecule has 0 saturated carbocycles. The number of nitrogens with one attached hydrogen (secondary N) is 1. The van der Waals surface area contributed by atoms with Crippen LogP contribution < -0.4 is 0 Å². The van der Waals surface area contributed by atoms with Crippen LogP contribution in [0.4, 0.5) is 0 Å². The van der Waals surface area contributed by atoms with Gasteiger partial charge >= 0.3 is 0 Å². The predicted octanol–water partition coefficient (Wildman–Crippen LogP) is 1.81. The maximum atomic E-state index is 3.00. The molecule has 0 aliphatic rings. The molecule has 0 aliphatic heterocycles. The third kappa shape index (κ3) is 8.22. The molecule has 0 saturated heterocycles. The molecule has 0 unspecified atom stereocenters. The second-order valence-corrected chi connectivity index (χ2v) is 3.16. The maximum Gasteiger partial charge on any atom is 0.00372 e.